The summed E-state index contributed by atoms with van der Waals surface area (Å²) in [6.07, 6.45) is 0. The molecule has 0 radical (unpaired) electrons. The minimum atomic E-state index is -0.214. The van der Waals surface area contributed by atoms with E-state index in [9.17, 15) is 4.79 Å². The molecular formula is C11H11ClN2O. The molecule has 1 N–H and O–H groups in total. The van der Waals surface area contributed by atoms with Gasteiger partial charge < -0.3 is 4.98 Å². The van der Waals surface area contributed by atoms with Crippen LogP contribution in [0, 0.1) is 0 Å². The van der Waals surface area contributed by atoms with Crippen LogP contribution in [0.2, 0.25) is 5.02 Å². The Morgan fingerprint density at radius 1 is 1.53 bits per heavy atom. The van der Waals surface area contributed by atoms with Crippen LogP contribution in [0.15, 0.2) is 18.2 Å². The number of ketones is 1. The van der Waals surface area contributed by atoms with Gasteiger partial charge in [0.1, 0.15) is 17.1 Å². The molecule has 0 saturated heterocycles. The maximum atomic E-state index is 11.2. The van der Waals surface area contributed by atoms with Gasteiger partial charge in [-0.05, 0) is 26.0 Å². The van der Waals surface area contributed by atoms with Crippen LogP contribution in [0.5, 0.6) is 0 Å². The summed E-state index contributed by atoms with van der Waals surface area (Å²) in [4.78, 5) is 18.6. The highest BCUT2D eigenvalue weighted by Gasteiger charge is 2.15. The lowest BCUT2D eigenvalue weighted by Gasteiger charge is -2.01. The Bertz CT molecular complexity index is 518. The van der Waals surface area contributed by atoms with Gasteiger partial charge in [0.15, 0.2) is 0 Å². The predicted octanol–water partition coefficient (Wildman–Crippen LogP) is 2.91. The summed E-state index contributed by atoms with van der Waals surface area (Å²) in [6, 6.07) is 5.53. The molecule has 1 aromatic heterocycles. The molecule has 0 aliphatic rings. The second-order valence-electron chi connectivity index (χ2n) is 3.59. The number of benzene rings is 1. The fourth-order valence-electron chi connectivity index (χ4n) is 1.41. The average molecular weight is 223 g/mol. The highest BCUT2D eigenvalue weighted by Crippen LogP contribution is 2.23. The van der Waals surface area contributed by atoms with E-state index in [4.69, 9.17) is 11.6 Å². The quantitative estimate of drug-likeness (QED) is 0.849. The molecule has 1 atom stereocenters. The number of nitrogens with zero attached hydrogens (tertiary/aromatic N) is 1. The Morgan fingerprint density at radius 2 is 2.27 bits per heavy atom. The van der Waals surface area contributed by atoms with E-state index in [-0.39, 0.29) is 11.7 Å². The number of fused-ring (bicyclic) bond motifs is 1. The topological polar surface area (TPSA) is 45.8 Å². The molecule has 1 aromatic carbocycles. The fraction of sp³-hybridized carbons (Fsp3) is 0.273. The van der Waals surface area contributed by atoms with Gasteiger partial charge in [-0.2, -0.15) is 0 Å². The third-order valence-electron chi connectivity index (χ3n) is 2.50. The number of hydrogen-bond acceptors (Lipinski definition) is 2. The van der Waals surface area contributed by atoms with E-state index in [1.165, 1.54) is 0 Å². The number of aromatic nitrogens is 2. The van der Waals surface area contributed by atoms with Crippen LogP contribution >= 0.6 is 11.6 Å². The van der Waals surface area contributed by atoms with Gasteiger partial charge in [-0.3, -0.25) is 4.79 Å². The van der Waals surface area contributed by atoms with Gasteiger partial charge in [0.25, 0.3) is 0 Å². The number of imidazole rings is 1. The lowest BCUT2D eigenvalue weighted by Crippen LogP contribution is -2.05. The number of Topliss-reactive ketones (excluding diaryl/α,β-unsaturated/α-hetero) is 1. The standard InChI is InChI=1S/C11H11ClN2O/c1-6(7(2)15)11-13-9-5-3-4-8(12)10(9)14-11/h3-6H,1-2H3,(H,13,14). The lowest BCUT2D eigenvalue weighted by molar-refractivity contribution is -0.118. The van der Waals surface area contributed by atoms with Crippen molar-refractivity contribution in [1.82, 2.24) is 9.97 Å². The van der Waals surface area contributed by atoms with E-state index in [0.29, 0.717) is 10.8 Å². The second-order valence-corrected chi connectivity index (χ2v) is 4.00. The number of rotatable bonds is 2. The molecule has 4 heteroatoms. The molecule has 2 rings (SSSR count). The van der Waals surface area contributed by atoms with Crippen molar-refractivity contribution in [1.29, 1.82) is 0 Å². The number of para-hydroxylation sites is 1. The first-order chi connectivity index (χ1) is 7.09. The Morgan fingerprint density at radius 3 is 2.87 bits per heavy atom. The second kappa shape index (κ2) is 3.66. The molecule has 0 bridgehead atoms. The van der Waals surface area contributed by atoms with E-state index < -0.39 is 0 Å². The van der Waals surface area contributed by atoms with Crippen LogP contribution in [0.3, 0.4) is 0 Å². The molecule has 1 heterocycles. The van der Waals surface area contributed by atoms with Crippen molar-refractivity contribution in [3.05, 3.63) is 29.0 Å². The number of carbonyl (C=O) groups is 1. The van der Waals surface area contributed by atoms with E-state index in [1.807, 2.05) is 19.1 Å². The minimum Gasteiger partial charge on any atom is -0.341 e. The Hall–Kier alpha value is -1.35. The zero-order valence-electron chi connectivity index (χ0n) is 8.54. The van der Waals surface area contributed by atoms with Crippen LogP contribution in [-0.4, -0.2) is 15.8 Å². The minimum absolute atomic E-state index is 0.0881. The molecule has 0 saturated carbocycles. The van der Waals surface area contributed by atoms with Crippen LogP contribution < -0.4 is 0 Å². The van der Waals surface area contributed by atoms with Crippen molar-refractivity contribution in [3.63, 3.8) is 0 Å². The number of halogens is 1. The van der Waals surface area contributed by atoms with Crippen molar-refractivity contribution < 1.29 is 4.79 Å². The molecular weight excluding hydrogens is 212 g/mol. The molecule has 0 aliphatic heterocycles. The molecule has 0 fully saturated rings. The highest BCUT2D eigenvalue weighted by atomic mass is 35.5. The monoisotopic (exact) mass is 222 g/mol. The van der Waals surface area contributed by atoms with Crippen molar-refractivity contribution in [2.24, 2.45) is 0 Å². The molecule has 0 aliphatic carbocycles. The highest BCUT2D eigenvalue weighted by molar-refractivity contribution is 6.34. The first kappa shape index (κ1) is 10.2. The number of aromatic amines is 1. The third kappa shape index (κ3) is 1.75. The SMILES string of the molecule is CC(=O)C(C)c1nc2c(Cl)cccc2[nH]1. The van der Waals surface area contributed by atoms with Crippen LogP contribution in [-0.2, 0) is 4.79 Å². The molecule has 0 amide bonds. The van der Waals surface area contributed by atoms with Gasteiger partial charge in [0.2, 0.25) is 0 Å². The summed E-state index contributed by atoms with van der Waals surface area (Å²) in [5.41, 5.74) is 1.59. The lowest BCUT2D eigenvalue weighted by atomic mass is 10.1. The van der Waals surface area contributed by atoms with Gasteiger partial charge >= 0.3 is 0 Å². The zero-order valence-corrected chi connectivity index (χ0v) is 9.30. The van der Waals surface area contributed by atoms with Gasteiger partial charge in [-0.1, -0.05) is 17.7 Å². The predicted molar refractivity (Wildman–Crippen MR) is 60.2 cm³/mol. The smallest absolute Gasteiger partial charge is 0.140 e. The van der Waals surface area contributed by atoms with Crippen molar-refractivity contribution in [2.75, 3.05) is 0 Å². The summed E-state index contributed by atoms with van der Waals surface area (Å²) in [6.45, 7) is 3.38. The van der Waals surface area contributed by atoms with Crippen molar-refractivity contribution >= 4 is 28.4 Å². The van der Waals surface area contributed by atoms with E-state index in [1.54, 1.807) is 13.0 Å². The molecule has 1 unspecified atom stereocenters. The van der Waals surface area contributed by atoms with Crippen molar-refractivity contribution in [2.45, 2.75) is 19.8 Å². The van der Waals surface area contributed by atoms with Gasteiger partial charge in [-0.15, -0.1) is 0 Å². The maximum absolute atomic E-state index is 11.2. The third-order valence-corrected chi connectivity index (χ3v) is 2.81. The largest absolute Gasteiger partial charge is 0.341 e. The number of nitrogens with one attached hydrogen (secondary N) is 1. The zero-order chi connectivity index (χ0) is 11.0. The molecule has 0 spiro atoms. The summed E-state index contributed by atoms with van der Waals surface area (Å²) >= 11 is 5.99. The maximum Gasteiger partial charge on any atom is 0.140 e. The van der Waals surface area contributed by atoms with Crippen LogP contribution in [0.1, 0.15) is 25.6 Å². The molecule has 15 heavy (non-hydrogen) atoms. The first-order valence-electron chi connectivity index (χ1n) is 4.74. The number of carbonyl (C=O) groups excluding carboxylic acids is 1. The normalized spacial score (nSPS) is 13.0. The van der Waals surface area contributed by atoms with E-state index >= 15 is 0 Å². The molecule has 2 aromatic rings. The number of H-pyrrole nitrogens is 1. The van der Waals surface area contributed by atoms with E-state index in [0.717, 1.165) is 11.0 Å². The fourth-order valence-corrected chi connectivity index (χ4v) is 1.63. The van der Waals surface area contributed by atoms with Gasteiger partial charge in [-0.25, -0.2) is 4.98 Å². The van der Waals surface area contributed by atoms with Crippen LogP contribution in [0.25, 0.3) is 11.0 Å². The van der Waals surface area contributed by atoms with Crippen molar-refractivity contribution in [3.8, 4) is 0 Å². The van der Waals surface area contributed by atoms with E-state index in [2.05, 4.69) is 9.97 Å². The Labute approximate surface area is 92.5 Å². The summed E-state index contributed by atoms with van der Waals surface area (Å²) in [5, 5.41) is 0.603. The molecule has 78 valence electrons. The Balaban J connectivity index is 2.56. The van der Waals surface area contributed by atoms with Gasteiger partial charge in [0, 0.05) is 0 Å². The Kier molecular flexibility index (Phi) is 2.49. The van der Waals surface area contributed by atoms with Crippen LogP contribution in [0.4, 0.5) is 0 Å². The summed E-state index contributed by atoms with van der Waals surface area (Å²) < 4.78 is 0. The molecule has 3 nitrogen and oxygen atoms in total. The summed E-state index contributed by atoms with van der Waals surface area (Å²) in [5.74, 6) is 0.546. The average Bonchev–Trinajstić information content (AvgIpc) is 2.61. The first-order valence-corrected chi connectivity index (χ1v) is 5.12. The van der Waals surface area contributed by atoms with Gasteiger partial charge in [0.05, 0.1) is 16.5 Å². The summed E-state index contributed by atoms with van der Waals surface area (Å²) in [7, 11) is 0. The number of hydrogen-bond donors (Lipinski definition) is 1.